The summed E-state index contributed by atoms with van der Waals surface area (Å²) in [5.74, 6) is -0.0988. The average molecular weight is 371 g/mol. The Morgan fingerprint density at radius 2 is 1.85 bits per heavy atom. The smallest absolute Gasteiger partial charge is 0.243 e. The van der Waals surface area contributed by atoms with Crippen molar-refractivity contribution in [1.82, 2.24) is 9.21 Å². The van der Waals surface area contributed by atoms with Gasteiger partial charge in [-0.05, 0) is 36.4 Å². The Morgan fingerprint density at radius 1 is 1.08 bits per heavy atom. The van der Waals surface area contributed by atoms with Gasteiger partial charge in [0.1, 0.15) is 0 Å². The predicted molar refractivity (Wildman–Crippen MR) is 99.3 cm³/mol. The fourth-order valence-corrected chi connectivity index (χ4v) is 5.11. The van der Waals surface area contributed by atoms with Crippen LogP contribution in [0.15, 0.2) is 53.4 Å². The van der Waals surface area contributed by atoms with E-state index in [4.69, 9.17) is 0 Å². The van der Waals surface area contributed by atoms with Crippen LogP contribution in [0.1, 0.15) is 17.2 Å². The SMILES string of the molecule is CN1CCN(S(=O)(=O)c2ccc3c(c2)CC(=O)N3)CC1c1ccccc1. The standard InChI is InChI=1S/C19H21N3O3S/c1-21-9-10-22(13-18(21)14-5-3-2-4-6-14)26(24,25)16-7-8-17-15(11-16)12-19(23)20-17/h2-8,11,18H,9-10,12-13H2,1H3,(H,20,23). The number of carbonyl (C=O) groups excluding carboxylic acids is 1. The van der Waals surface area contributed by atoms with E-state index in [9.17, 15) is 13.2 Å². The van der Waals surface area contributed by atoms with Gasteiger partial charge in [-0.3, -0.25) is 9.69 Å². The number of likely N-dealkylation sites (N-methyl/N-ethyl adjacent to an activating group) is 1. The second-order valence-electron chi connectivity index (χ2n) is 6.81. The minimum atomic E-state index is -3.60. The van der Waals surface area contributed by atoms with Crippen LogP contribution in [0.25, 0.3) is 0 Å². The van der Waals surface area contributed by atoms with Crippen molar-refractivity contribution in [2.24, 2.45) is 0 Å². The Hall–Kier alpha value is -2.22. The Labute approximate surface area is 153 Å². The largest absolute Gasteiger partial charge is 0.326 e. The number of nitrogens with one attached hydrogen (secondary N) is 1. The lowest BCUT2D eigenvalue weighted by Gasteiger charge is -2.39. The van der Waals surface area contributed by atoms with E-state index >= 15 is 0 Å². The first kappa shape index (κ1) is 17.2. The van der Waals surface area contributed by atoms with Gasteiger partial charge < -0.3 is 5.32 Å². The normalized spacial score (nSPS) is 21.4. The van der Waals surface area contributed by atoms with Crippen LogP contribution in [0, 0.1) is 0 Å². The van der Waals surface area contributed by atoms with Crippen LogP contribution in [0.5, 0.6) is 0 Å². The highest BCUT2D eigenvalue weighted by Gasteiger charge is 2.34. The number of nitrogens with zero attached hydrogens (tertiary/aromatic N) is 2. The van der Waals surface area contributed by atoms with E-state index in [0.717, 1.165) is 11.1 Å². The zero-order valence-corrected chi connectivity index (χ0v) is 15.4. The Bertz CT molecular complexity index is 944. The summed E-state index contributed by atoms with van der Waals surface area (Å²) in [6.45, 7) is 1.54. The molecule has 26 heavy (non-hydrogen) atoms. The number of hydrogen-bond acceptors (Lipinski definition) is 4. The Kier molecular flexibility index (Phi) is 4.30. The number of sulfonamides is 1. The Morgan fingerprint density at radius 3 is 2.62 bits per heavy atom. The number of fused-ring (bicyclic) bond motifs is 1. The number of rotatable bonds is 3. The monoisotopic (exact) mass is 371 g/mol. The predicted octanol–water partition coefficient (Wildman–Crippen LogP) is 1.86. The van der Waals surface area contributed by atoms with Crippen LogP contribution in [-0.4, -0.2) is 50.2 Å². The molecule has 1 unspecified atom stereocenters. The van der Waals surface area contributed by atoms with E-state index < -0.39 is 10.0 Å². The molecule has 1 fully saturated rings. The molecule has 2 aliphatic rings. The molecule has 2 heterocycles. The van der Waals surface area contributed by atoms with Crippen LogP contribution < -0.4 is 5.32 Å². The van der Waals surface area contributed by atoms with Gasteiger partial charge in [0.2, 0.25) is 15.9 Å². The molecule has 1 atom stereocenters. The maximum absolute atomic E-state index is 13.2. The quantitative estimate of drug-likeness (QED) is 0.894. The van der Waals surface area contributed by atoms with Crippen LogP contribution >= 0.6 is 0 Å². The van der Waals surface area contributed by atoms with Gasteiger partial charge in [0, 0.05) is 31.4 Å². The number of amides is 1. The highest BCUT2D eigenvalue weighted by atomic mass is 32.2. The van der Waals surface area contributed by atoms with E-state index in [1.165, 1.54) is 0 Å². The van der Waals surface area contributed by atoms with Crippen molar-refractivity contribution in [3.05, 3.63) is 59.7 Å². The van der Waals surface area contributed by atoms with Crippen LogP contribution in [0.3, 0.4) is 0 Å². The number of piperazine rings is 1. The molecule has 2 aliphatic heterocycles. The molecule has 1 amide bonds. The second-order valence-corrected chi connectivity index (χ2v) is 8.75. The van der Waals surface area contributed by atoms with Gasteiger partial charge in [-0.25, -0.2) is 8.42 Å². The molecule has 0 spiro atoms. The molecule has 0 radical (unpaired) electrons. The number of carbonyl (C=O) groups is 1. The number of hydrogen-bond donors (Lipinski definition) is 1. The molecule has 136 valence electrons. The molecule has 0 bridgehead atoms. The third kappa shape index (κ3) is 3.02. The molecule has 1 saturated heterocycles. The van der Waals surface area contributed by atoms with Crippen LogP contribution in [0.2, 0.25) is 0 Å². The zero-order chi connectivity index (χ0) is 18.3. The van der Waals surface area contributed by atoms with Crippen LogP contribution in [-0.2, 0) is 21.2 Å². The third-order valence-electron chi connectivity index (χ3n) is 5.13. The lowest BCUT2D eigenvalue weighted by atomic mass is 10.0. The van der Waals surface area contributed by atoms with Gasteiger partial charge in [0.15, 0.2) is 0 Å². The summed E-state index contributed by atoms with van der Waals surface area (Å²) in [4.78, 5) is 14.0. The topological polar surface area (TPSA) is 69.7 Å². The molecule has 2 aromatic rings. The lowest BCUT2D eigenvalue weighted by molar-refractivity contribution is -0.115. The molecule has 0 saturated carbocycles. The van der Waals surface area contributed by atoms with Gasteiger partial charge in [-0.15, -0.1) is 0 Å². The first-order valence-electron chi connectivity index (χ1n) is 8.63. The number of benzene rings is 2. The fourth-order valence-electron chi connectivity index (χ4n) is 3.62. The molecule has 2 aromatic carbocycles. The van der Waals surface area contributed by atoms with Crippen molar-refractivity contribution in [1.29, 1.82) is 0 Å². The molecule has 0 aliphatic carbocycles. The summed E-state index contributed by atoms with van der Waals surface area (Å²) in [5, 5.41) is 2.74. The minimum absolute atomic E-state index is 0.0254. The summed E-state index contributed by atoms with van der Waals surface area (Å²) in [6.07, 6.45) is 0.230. The second kappa shape index (κ2) is 6.50. The van der Waals surface area contributed by atoms with E-state index in [1.54, 1.807) is 22.5 Å². The average Bonchev–Trinajstić information content (AvgIpc) is 3.02. The summed E-state index contributed by atoms with van der Waals surface area (Å²) >= 11 is 0. The zero-order valence-electron chi connectivity index (χ0n) is 14.6. The molecule has 1 N–H and O–H groups in total. The maximum Gasteiger partial charge on any atom is 0.243 e. The van der Waals surface area contributed by atoms with Gasteiger partial charge >= 0.3 is 0 Å². The van der Waals surface area contributed by atoms with Crippen molar-refractivity contribution in [3.63, 3.8) is 0 Å². The van der Waals surface area contributed by atoms with Gasteiger partial charge in [-0.2, -0.15) is 4.31 Å². The summed E-state index contributed by atoms with van der Waals surface area (Å²) in [6, 6.07) is 14.9. The van der Waals surface area contributed by atoms with Gasteiger partial charge in [0.25, 0.3) is 0 Å². The maximum atomic E-state index is 13.2. The molecule has 7 heteroatoms. The molecule has 4 rings (SSSR count). The van der Waals surface area contributed by atoms with Crippen molar-refractivity contribution in [2.45, 2.75) is 17.4 Å². The number of anilines is 1. The van der Waals surface area contributed by atoms with E-state index in [2.05, 4.69) is 10.2 Å². The molecule has 0 aromatic heterocycles. The lowest BCUT2D eigenvalue weighted by Crippen LogP contribution is -2.48. The first-order valence-corrected chi connectivity index (χ1v) is 10.1. The van der Waals surface area contributed by atoms with E-state index in [0.29, 0.717) is 25.3 Å². The molecular formula is C19H21N3O3S. The molecular weight excluding hydrogens is 350 g/mol. The van der Waals surface area contributed by atoms with Crippen molar-refractivity contribution in [2.75, 3.05) is 32.0 Å². The van der Waals surface area contributed by atoms with Crippen molar-refractivity contribution >= 4 is 21.6 Å². The Balaban J connectivity index is 1.62. The van der Waals surface area contributed by atoms with E-state index in [-0.39, 0.29) is 23.3 Å². The third-order valence-corrected chi connectivity index (χ3v) is 7.00. The summed E-state index contributed by atoms with van der Waals surface area (Å²) in [7, 11) is -1.58. The molecule has 6 nitrogen and oxygen atoms in total. The summed E-state index contributed by atoms with van der Waals surface area (Å²) in [5.41, 5.74) is 2.55. The first-order chi connectivity index (χ1) is 12.4. The van der Waals surface area contributed by atoms with Crippen LogP contribution in [0.4, 0.5) is 5.69 Å². The fraction of sp³-hybridized carbons (Fsp3) is 0.316. The summed E-state index contributed by atoms with van der Waals surface area (Å²) < 4.78 is 27.9. The van der Waals surface area contributed by atoms with Crippen molar-refractivity contribution in [3.8, 4) is 0 Å². The van der Waals surface area contributed by atoms with Gasteiger partial charge in [0.05, 0.1) is 11.3 Å². The van der Waals surface area contributed by atoms with Crippen molar-refractivity contribution < 1.29 is 13.2 Å². The highest BCUT2D eigenvalue weighted by Crippen LogP contribution is 2.30. The highest BCUT2D eigenvalue weighted by molar-refractivity contribution is 7.89. The van der Waals surface area contributed by atoms with E-state index in [1.807, 2.05) is 37.4 Å². The minimum Gasteiger partial charge on any atom is -0.326 e. The van der Waals surface area contributed by atoms with Gasteiger partial charge in [-0.1, -0.05) is 30.3 Å².